The number of ether oxygens (including phenoxy) is 1. The van der Waals surface area contributed by atoms with Crippen LogP contribution in [0.1, 0.15) is 54.7 Å². The van der Waals surface area contributed by atoms with Crippen LogP contribution in [0.5, 0.6) is 6.01 Å². The number of alkyl halides is 4. The molecule has 2 bridgehead atoms. The highest BCUT2D eigenvalue weighted by Gasteiger charge is 2.52. The van der Waals surface area contributed by atoms with Crippen LogP contribution < -0.4 is 20.7 Å². The van der Waals surface area contributed by atoms with Gasteiger partial charge in [-0.1, -0.05) is 11.6 Å². The second kappa shape index (κ2) is 13.0. The van der Waals surface area contributed by atoms with E-state index in [9.17, 15) is 26.7 Å². The molecule has 8 rings (SSSR count). The average Bonchev–Trinajstić information content (AvgIpc) is 3.91. The van der Waals surface area contributed by atoms with Gasteiger partial charge in [-0.2, -0.15) is 23.1 Å². The fourth-order valence-corrected chi connectivity index (χ4v) is 9.52. The molecule has 0 spiro atoms. The molecule has 10 nitrogen and oxygen atoms in total. The number of carbonyl (C=O) groups excluding carboxylic acids is 1. The van der Waals surface area contributed by atoms with E-state index in [1.54, 1.807) is 5.38 Å². The predicted molar refractivity (Wildman–Crippen MR) is 187 cm³/mol. The van der Waals surface area contributed by atoms with Gasteiger partial charge in [0.25, 0.3) is 5.91 Å². The van der Waals surface area contributed by atoms with Gasteiger partial charge in [0.05, 0.1) is 32.9 Å². The van der Waals surface area contributed by atoms with Gasteiger partial charge in [0, 0.05) is 48.6 Å². The van der Waals surface area contributed by atoms with Crippen molar-refractivity contribution >= 4 is 57.5 Å². The van der Waals surface area contributed by atoms with Gasteiger partial charge in [0.1, 0.15) is 34.9 Å². The lowest BCUT2D eigenvalue weighted by molar-refractivity contribution is -0.137. The maximum absolute atomic E-state index is 16.9. The number of amides is 1. The second-order valence-electron chi connectivity index (χ2n) is 14.3. The molecule has 4 aliphatic rings. The number of nitrogen functional groups attached to an aromatic ring is 1. The number of fused-ring (bicyclic) bond motifs is 4. The summed E-state index contributed by atoms with van der Waals surface area (Å²) in [6.07, 6.45) is -0.162. The Bertz CT molecular complexity index is 2160. The van der Waals surface area contributed by atoms with Gasteiger partial charge in [-0.05, 0) is 63.3 Å². The van der Waals surface area contributed by atoms with Crippen LogP contribution in [0.3, 0.4) is 0 Å². The molecule has 18 heteroatoms. The van der Waals surface area contributed by atoms with Crippen LogP contribution >= 0.6 is 22.9 Å². The number of piperidine rings is 1. The van der Waals surface area contributed by atoms with Gasteiger partial charge >= 0.3 is 12.2 Å². The van der Waals surface area contributed by atoms with Crippen LogP contribution in [0.15, 0.2) is 29.5 Å². The molecule has 4 atom stereocenters. The van der Waals surface area contributed by atoms with E-state index in [0.717, 1.165) is 18.6 Å². The monoisotopic (exact) mass is 778 g/mol. The summed E-state index contributed by atoms with van der Waals surface area (Å²) in [6, 6.07) is 1.81. The molecule has 4 aromatic rings. The lowest BCUT2D eigenvalue weighted by Crippen LogP contribution is -2.51. The Labute approximate surface area is 308 Å². The lowest BCUT2D eigenvalue weighted by Gasteiger charge is -2.34. The molecule has 0 radical (unpaired) electrons. The summed E-state index contributed by atoms with van der Waals surface area (Å²) in [4.78, 5) is 33.8. The number of nitrogens with one attached hydrogen (secondary N) is 1. The fraction of sp³-hybridized carbons (Fsp3) is 0.457. The maximum atomic E-state index is 16.9. The Morgan fingerprint density at radius 2 is 2.04 bits per heavy atom. The quantitative estimate of drug-likeness (QED) is 0.143. The minimum absolute atomic E-state index is 0.00273. The third kappa shape index (κ3) is 6.33. The van der Waals surface area contributed by atoms with E-state index in [4.69, 9.17) is 27.1 Å². The number of anilines is 2. The van der Waals surface area contributed by atoms with Gasteiger partial charge in [0.2, 0.25) is 0 Å². The summed E-state index contributed by atoms with van der Waals surface area (Å²) < 4.78 is 95.7. The molecule has 3 aromatic heterocycles. The number of nitrogens with two attached hydrogens (primary N) is 1. The van der Waals surface area contributed by atoms with Crippen molar-refractivity contribution in [2.24, 2.45) is 0 Å². The van der Waals surface area contributed by atoms with Crippen molar-refractivity contribution in [3.05, 3.63) is 56.5 Å². The molecule has 53 heavy (non-hydrogen) atoms. The zero-order valence-corrected chi connectivity index (χ0v) is 29.8. The Kier molecular flexibility index (Phi) is 8.76. The first kappa shape index (κ1) is 35.8. The smallest absolute Gasteiger partial charge is 0.418 e. The number of aryl methyl sites for hydroxylation is 1. The van der Waals surface area contributed by atoms with E-state index in [2.05, 4.69) is 20.3 Å². The number of thiazole rings is 1. The fourth-order valence-electron chi connectivity index (χ4n) is 8.69. The normalized spacial score (nSPS) is 25.8. The highest BCUT2D eigenvalue weighted by molar-refractivity contribution is 7.10. The molecule has 1 amide bonds. The van der Waals surface area contributed by atoms with Crippen molar-refractivity contribution in [1.82, 2.24) is 30.2 Å². The summed E-state index contributed by atoms with van der Waals surface area (Å²) in [5, 5.41) is 4.52. The Balaban J connectivity index is 1.21. The molecule has 0 unspecified atom stereocenters. The molecule has 3 N–H and O–H groups in total. The Morgan fingerprint density at radius 1 is 1.23 bits per heavy atom. The number of benzene rings is 1. The number of halogens is 7. The van der Waals surface area contributed by atoms with Gasteiger partial charge in [-0.3, -0.25) is 9.69 Å². The number of rotatable bonds is 8. The van der Waals surface area contributed by atoms with Gasteiger partial charge in [0.15, 0.2) is 11.6 Å². The molecule has 3 aliphatic heterocycles. The van der Waals surface area contributed by atoms with Crippen LogP contribution in [-0.4, -0.2) is 80.3 Å². The number of pyridine rings is 1. The van der Waals surface area contributed by atoms with Gasteiger partial charge in [-0.25, -0.2) is 23.1 Å². The van der Waals surface area contributed by atoms with Crippen molar-refractivity contribution in [3.63, 3.8) is 0 Å². The summed E-state index contributed by atoms with van der Waals surface area (Å²) in [6.45, 7) is 2.30. The predicted octanol–water partition coefficient (Wildman–Crippen LogP) is 7.04. The lowest BCUT2D eigenvalue weighted by atomic mass is 9.95. The molecule has 6 heterocycles. The molecule has 1 aliphatic carbocycles. The first-order valence-electron chi connectivity index (χ1n) is 17.1. The third-order valence-electron chi connectivity index (χ3n) is 10.9. The molecule has 1 aromatic carbocycles. The van der Waals surface area contributed by atoms with Crippen LogP contribution in [-0.2, 0) is 11.0 Å². The first-order valence-corrected chi connectivity index (χ1v) is 18.3. The minimum Gasteiger partial charge on any atom is -0.461 e. The van der Waals surface area contributed by atoms with E-state index in [0.29, 0.717) is 37.2 Å². The standard InChI is InChI=1S/C35H33ClF6N8O2S/c1-17-9-23(43)45-29(26(17)35(40,41)42)25-21(36)10-20-28(27(25)39)46-32(52-16-34-4-2-7-49(34)14-18(37)12-34)47-30(20)50-15-33(5-3-19(50)13-33)48-31(51)22(38)11-24-44-6-8-53-24/h6,8-11,18-19H,2-5,7,12-16H2,1H3,(H2,43,45)(H,48,51)/b22-11-/t18-,19-,33-,34-/m1/s1. The molecular weight excluding hydrogens is 746 g/mol. The summed E-state index contributed by atoms with van der Waals surface area (Å²) in [5.74, 6) is -3.22. The second-order valence-corrected chi connectivity index (χ2v) is 15.7. The van der Waals surface area contributed by atoms with E-state index < -0.39 is 62.8 Å². The number of hydrogen-bond donors (Lipinski definition) is 2. The zero-order chi connectivity index (χ0) is 37.4. The average molecular weight is 779 g/mol. The molecule has 280 valence electrons. The minimum atomic E-state index is -4.93. The summed E-state index contributed by atoms with van der Waals surface area (Å²) >= 11 is 7.81. The van der Waals surface area contributed by atoms with E-state index in [1.807, 2.05) is 9.80 Å². The summed E-state index contributed by atoms with van der Waals surface area (Å²) in [7, 11) is 0. The number of carbonyl (C=O) groups is 1. The highest BCUT2D eigenvalue weighted by atomic mass is 35.5. The van der Waals surface area contributed by atoms with Crippen LogP contribution in [0, 0.1) is 12.7 Å². The van der Waals surface area contributed by atoms with Crippen molar-refractivity contribution in [2.45, 2.75) is 74.9 Å². The number of nitrogens with zero attached hydrogens (tertiary/aromatic N) is 6. The van der Waals surface area contributed by atoms with Crippen LogP contribution in [0.2, 0.25) is 5.02 Å². The van der Waals surface area contributed by atoms with Crippen LogP contribution in [0.25, 0.3) is 28.2 Å². The van der Waals surface area contributed by atoms with E-state index in [-0.39, 0.29) is 66.3 Å². The van der Waals surface area contributed by atoms with Crippen molar-refractivity contribution < 1.29 is 35.9 Å². The van der Waals surface area contributed by atoms with Crippen LogP contribution in [0.4, 0.5) is 38.0 Å². The Morgan fingerprint density at radius 3 is 2.79 bits per heavy atom. The topological polar surface area (TPSA) is 122 Å². The molecule has 4 fully saturated rings. The highest BCUT2D eigenvalue weighted by Crippen LogP contribution is 2.48. The Hall–Kier alpha value is -4.22. The number of hydrogen-bond acceptors (Lipinski definition) is 10. The van der Waals surface area contributed by atoms with Crippen molar-refractivity contribution in [1.29, 1.82) is 0 Å². The third-order valence-corrected chi connectivity index (χ3v) is 11.9. The molecule has 1 saturated carbocycles. The largest absolute Gasteiger partial charge is 0.461 e. The van der Waals surface area contributed by atoms with Crippen molar-refractivity contribution in [3.8, 4) is 17.3 Å². The van der Waals surface area contributed by atoms with Crippen molar-refractivity contribution in [2.75, 3.05) is 36.9 Å². The summed E-state index contributed by atoms with van der Waals surface area (Å²) in [5.41, 5.74) is 1.07. The first-order chi connectivity index (χ1) is 25.2. The maximum Gasteiger partial charge on any atom is 0.418 e. The molecule has 3 saturated heterocycles. The molecular formula is C35H33ClF6N8O2S. The number of aromatic nitrogens is 4. The van der Waals surface area contributed by atoms with Gasteiger partial charge < -0.3 is 20.7 Å². The zero-order valence-electron chi connectivity index (χ0n) is 28.2. The van der Waals surface area contributed by atoms with E-state index in [1.165, 1.54) is 30.5 Å². The van der Waals surface area contributed by atoms with E-state index >= 15 is 4.39 Å². The SMILES string of the molecule is Cc1cc(N)nc(-c2c(Cl)cc3c(N4C[C@@]5(NC(=O)/C(F)=C/c6nccs6)CC[C@@H]4C5)nc(OC[C@]45CCCN4C[C@H](F)C5)nc3c2F)c1C(F)(F)F. The van der Waals surface area contributed by atoms with Gasteiger partial charge in [-0.15, -0.1) is 11.3 Å².